The van der Waals surface area contributed by atoms with Crippen molar-refractivity contribution in [2.45, 2.75) is 51.9 Å². The van der Waals surface area contributed by atoms with E-state index in [1.807, 2.05) is 93.8 Å². The van der Waals surface area contributed by atoms with Crippen LogP contribution in [0.15, 0.2) is 69.9 Å². The fourth-order valence-corrected chi connectivity index (χ4v) is 7.46. The lowest BCUT2D eigenvalue weighted by Crippen LogP contribution is -2.31. The summed E-state index contributed by atoms with van der Waals surface area (Å²) in [5, 5.41) is 13.7. The molecule has 0 radical (unpaired) electrons. The van der Waals surface area contributed by atoms with Crippen LogP contribution in [0.4, 0.5) is 0 Å². The van der Waals surface area contributed by atoms with Crippen molar-refractivity contribution in [2.24, 2.45) is 25.9 Å². The number of benzene rings is 3. The first-order valence-electron chi connectivity index (χ1n) is 16.7. The summed E-state index contributed by atoms with van der Waals surface area (Å²) in [7, 11) is 5.44. The largest absolute Gasteiger partial charge is 0.497 e. The molecule has 1 N–H and O–H groups in total. The first kappa shape index (κ1) is 35.7. The smallest absolute Gasteiger partial charge is 0.223 e. The number of amides is 2. The average Bonchev–Trinajstić information content (AvgIpc) is 3.86. The maximum atomic E-state index is 12.8. The molecule has 7 rings (SSSR count). The van der Waals surface area contributed by atoms with E-state index in [9.17, 15) is 9.59 Å². The van der Waals surface area contributed by atoms with E-state index < -0.39 is 0 Å². The summed E-state index contributed by atoms with van der Waals surface area (Å²) in [5.74, 6) is 3.01. The topological polar surface area (TPSA) is 113 Å². The van der Waals surface area contributed by atoms with Crippen molar-refractivity contribution in [3.8, 4) is 17.2 Å². The quantitative estimate of drug-likeness (QED) is 0.171. The van der Waals surface area contributed by atoms with Gasteiger partial charge in [0.1, 0.15) is 29.5 Å². The van der Waals surface area contributed by atoms with Crippen LogP contribution >= 0.6 is 31.9 Å². The Balaban J connectivity index is 0.000000187. The molecule has 2 amide bonds. The maximum absolute atomic E-state index is 12.8. The van der Waals surface area contributed by atoms with Crippen molar-refractivity contribution in [1.29, 1.82) is 0 Å². The minimum atomic E-state index is -0.0975. The van der Waals surface area contributed by atoms with Gasteiger partial charge in [-0.15, -0.1) is 0 Å². The number of nitrogens with zero attached hydrogens (tertiary/aromatic N) is 5. The third-order valence-corrected chi connectivity index (χ3v) is 10.5. The monoisotopic (exact) mass is 808 g/mol. The summed E-state index contributed by atoms with van der Waals surface area (Å²) in [5.41, 5.74) is 2.87. The predicted molar refractivity (Wildman–Crippen MR) is 199 cm³/mol. The molecule has 11 nitrogen and oxygen atoms in total. The first-order chi connectivity index (χ1) is 23.9. The van der Waals surface area contributed by atoms with Gasteiger partial charge in [-0.25, -0.2) is 0 Å². The number of ether oxygens (including phenoxy) is 3. The van der Waals surface area contributed by atoms with Crippen LogP contribution in [0.1, 0.15) is 45.2 Å². The Morgan fingerprint density at radius 1 is 0.800 bits per heavy atom. The van der Waals surface area contributed by atoms with Crippen molar-refractivity contribution < 1.29 is 23.8 Å². The van der Waals surface area contributed by atoms with E-state index in [2.05, 4.69) is 54.3 Å². The van der Waals surface area contributed by atoms with E-state index in [0.29, 0.717) is 25.9 Å². The fourth-order valence-electron chi connectivity index (χ4n) is 6.61. The van der Waals surface area contributed by atoms with Gasteiger partial charge in [0.15, 0.2) is 0 Å². The number of carbonyl (C=O) groups excluding carboxylic acids is 2. The molecule has 0 aliphatic carbocycles. The molecule has 0 unspecified atom stereocenters. The summed E-state index contributed by atoms with van der Waals surface area (Å²) < 4.78 is 23.1. The average molecular weight is 811 g/mol. The molecule has 4 heterocycles. The van der Waals surface area contributed by atoms with Gasteiger partial charge in [0, 0.05) is 73.2 Å². The number of fused-ring (bicyclic) bond motifs is 2. The van der Waals surface area contributed by atoms with Gasteiger partial charge in [-0.1, -0.05) is 44.0 Å². The van der Waals surface area contributed by atoms with Gasteiger partial charge in [0.25, 0.3) is 0 Å². The normalized spacial score (nSPS) is 19.2. The number of hydrogen-bond donors (Lipinski definition) is 1. The van der Waals surface area contributed by atoms with Gasteiger partial charge in [-0.2, -0.15) is 10.2 Å². The van der Waals surface area contributed by atoms with Crippen LogP contribution < -0.4 is 19.5 Å². The number of nitrogens with one attached hydrogen (secondary N) is 1. The summed E-state index contributed by atoms with van der Waals surface area (Å²) in [6, 6.07) is 15.8. The van der Waals surface area contributed by atoms with Gasteiger partial charge in [0.05, 0.1) is 35.0 Å². The van der Waals surface area contributed by atoms with E-state index in [4.69, 9.17) is 14.2 Å². The highest BCUT2D eigenvalue weighted by molar-refractivity contribution is 9.10. The molecule has 2 fully saturated rings. The van der Waals surface area contributed by atoms with Gasteiger partial charge in [-0.05, 0) is 62.7 Å². The third kappa shape index (κ3) is 7.94. The number of methoxy groups -OCH3 is 1. The molecule has 2 saturated heterocycles. The number of likely N-dealkylation sites (tertiary alicyclic amines) is 1. The van der Waals surface area contributed by atoms with Crippen LogP contribution in [0.2, 0.25) is 0 Å². The number of aryl methyl sites for hydroxylation is 2. The van der Waals surface area contributed by atoms with Gasteiger partial charge in [-0.3, -0.25) is 19.0 Å². The van der Waals surface area contributed by atoms with Crippen LogP contribution in [0.5, 0.6) is 17.2 Å². The molecule has 3 aromatic carbocycles. The standard InChI is InChI=1S/C23H26BrN3O3.C14H16BrN3O2/c1-14(16-5-7-19(29-4)8-6-16)27-12-17(9-23(27)28)15(2)30-22-11-18(24)10-21-20(22)13-26(3)25-21;1-8(9-3-14(19)16-6-9)20-13-5-10(15)4-12-11(13)7-18(2)17-12/h5-8,10-11,13-15,17H,9,12H2,1-4H3;4-5,7-9H,3,6H2,1-2H3,(H,16,19)/t14-,15+,17+;8-,9-/m01/s1. The van der Waals surface area contributed by atoms with Crippen molar-refractivity contribution in [2.75, 3.05) is 20.2 Å². The van der Waals surface area contributed by atoms with Crippen LogP contribution in [0.25, 0.3) is 21.8 Å². The molecule has 2 aromatic heterocycles. The number of halogens is 2. The van der Waals surface area contributed by atoms with Crippen molar-refractivity contribution in [3.05, 3.63) is 75.4 Å². The lowest BCUT2D eigenvalue weighted by Gasteiger charge is -2.27. The molecule has 5 aromatic rings. The third-order valence-electron chi connectivity index (χ3n) is 9.55. The Kier molecular flexibility index (Phi) is 10.7. The second-order valence-corrected chi connectivity index (χ2v) is 15.0. The van der Waals surface area contributed by atoms with Crippen molar-refractivity contribution in [3.63, 3.8) is 0 Å². The Morgan fingerprint density at radius 2 is 1.34 bits per heavy atom. The summed E-state index contributed by atoms with van der Waals surface area (Å²) in [4.78, 5) is 26.0. The van der Waals surface area contributed by atoms with Gasteiger partial charge < -0.3 is 24.4 Å². The highest BCUT2D eigenvalue weighted by Crippen LogP contribution is 2.35. The Hall–Kier alpha value is -4.10. The molecule has 264 valence electrons. The number of aromatic nitrogens is 4. The number of hydrogen-bond acceptors (Lipinski definition) is 7. The zero-order valence-corrected chi connectivity index (χ0v) is 32.2. The summed E-state index contributed by atoms with van der Waals surface area (Å²) in [6.45, 7) is 7.49. The Bertz CT molecular complexity index is 2010. The fraction of sp³-hybridized carbons (Fsp3) is 0.405. The second-order valence-electron chi connectivity index (χ2n) is 13.2. The first-order valence-corrected chi connectivity index (χ1v) is 18.3. The number of carbonyl (C=O) groups is 2. The molecule has 0 bridgehead atoms. The Labute approximate surface area is 308 Å². The number of rotatable bonds is 9. The molecule has 50 heavy (non-hydrogen) atoms. The lowest BCUT2D eigenvalue weighted by molar-refractivity contribution is -0.129. The Morgan fingerprint density at radius 3 is 1.84 bits per heavy atom. The van der Waals surface area contributed by atoms with Crippen molar-refractivity contribution >= 4 is 65.5 Å². The summed E-state index contributed by atoms with van der Waals surface area (Å²) >= 11 is 7.02. The van der Waals surface area contributed by atoms with Crippen LogP contribution in [0.3, 0.4) is 0 Å². The minimum Gasteiger partial charge on any atom is -0.497 e. The SMILES string of the molecule is COc1ccc([C@H](C)N2C[C@H]([C@@H](C)Oc3cc(Br)cc4nn(C)cc34)CC2=O)cc1.C[C@@H](Oc1cc(Br)cc2nn(C)cc12)[C@H]1CNC(=O)C1. The maximum Gasteiger partial charge on any atom is 0.223 e. The van der Waals surface area contributed by atoms with Crippen LogP contribution in [-0.4, -0.2) is 68.7 Å². The van der Waals surface area contributed by atoms with Crippen LogP contribution in [0, 0.1) is 11.8 Å². The molecule has 0 saturated carbocycles. The summed E-state index contributed by atoms with van der Waals surface area (Å²) in [6.07, 6.45) is 4.81. The van der Waals surface area contributed by atoms with Crippen LogP contribution in [-0.2, 0) is 23.7 Å². The minimum absolute atomic E-state index is 0.0107. The predicted octanol–water partition coefficient (Wildman–Crippen LogP) is 6.96. The van der Waals surface area contributed by atoms with E-state index in [-0.39, 0.29) is 41.9 Å². The molecule has 5 atom stereocenters. The van der Waals surface area contributed by atoms with E-state index in [1.54, 1.807) is 16.5 Å². The molecule has 2 aliphatic rings. The van der Waals surface area contributed by atoms with E-state index in [1.165, 1.54) is 0 Å². The lowest BCUT2D eigenvalue weighted by atomic mass is 10.0. The van der Waals surface area contributed by atoms with E-state index >= 15 is 0 Å². The second kappa shape index (κ2) is 15.0. The van der Waals surface area contributed by atoms with Gasteiger partial charge >= 0.3 is 0 Å². The molecular weight excluding hydrogens is 768 g/mol. The molecule has 2 aliphatic heterocycles. The molecular formula is C37H42Br2N6O5. The van der Waals surface area contributed by atoms with E-state index in [0.717, 1.165) is 53.6 Å². The zero-order chi connectivity index (χ0) is 35.7. The molecule has 13 heteroatoms. The molecule has 0 spiro atoms. The highest BCUT2D eigenvalue weighted by Gasteiger charge is 2.37. The van der Waals surface area contributed by atoms with Crippen molar-refractivity contribution in [1.82, 2.24) is 29.8 Å². The van der Waals surface area contributed by atoms with Gasteiger partial charge in [0.2, 0.25) is 11.8 Å². The highest BCUT2D eigenvalue weighted by atomic mass is 79.9. The zero-order valence-electron chi connectivity index (χ0n) is 29.0.